The van der Waals surface area contributed by atoms with Gasteiger partial charge in [-0.25, -0.2) is 8.42 Å². The average Bonchev–Trinajstić information content (AvgIpc) is 2.55. The predicted molar refractivity (Wildman–Crippen MR) is 89.4 cm³/mol. The lowest BCUT2D eigenvalue weighted by Gasteiger charge is -2.34. The summed E-state index contributed by atoms with van der Waals surface area (Å²) in [6.07, 6.45) is 0.967. The fraction of sp³-hybridized carbons (Fsp3) is 0.625. The summed E-state index contributed by atoms with van der Waals surface area (Å²) in [5.41, 5.74) is 0.905. The van der Waals surface area contributed by atoms with Crippen LogP contribution in [0.15, 0.2) is 23.1 Å². The summed E-state index contributed by atoms with van der Waals surface area (Å²) in [7, 11) is -0.327. The van der Waals surface area contributed by atoms with Crippen molar-refractivity contribution in [2.24, 2.45) is 0 Å². The maximum absolute atomic E-state index is 12.9. The summed E-state index contributed by atoms with van der Waals surface area (Å²) in [5.74, 6) is 0.401. The van der Waals surface area contributed by atoms with E-state index in [1.54, 1.807) is 23.5 Å². The third-order valence-corrected chi connectivity index (χ3v) is 6.01. The van der Waals surface area contributed by atoms with E-state index in [9.17, 15) is 8.42 Å². The molecule has 0 spiro atoms. The van der Waals surface area contributed by atoms with Crippen molar-refractivity contribution in [3.8, 4) is 5.75 Å². The number of nitrogens with zero attached hydrogens (tertiary/aromatic N) is 2. The van der Waals surface area contributed by atoms with Crippen LogP contribution in [0.3, 0.4) is 0 Å². The summed E-state index contributed by atoms with van der Waals surface area (Å²) < 4.78 is 37.6. The molecule has 0 saturated carbocycles. The first-order valence-electron chi connectivity index (χ1n) is 7.85. The molecule has 1 aromatic carbocycles. The van der Waals surface area contributed by atoms with E-state index in [1.807, 2.05) is 13.0 Å². The largest absolute Gasteiger partial charge is 0.495 e. The van der Waals surface area contributed by atoms with E-state index in [-0.39, 0.29) is 4.90 Å². The summed E-state index contributed by atoms with van der Waals surface area (Å²) in [6, 6.07) is 5.24. The molecule has 0 atom stereocenters. The molecule has 1 aliphatic heterocycles. The molecule has 2 rings (SSSR count). The molecule has 0 radical (unpaired) electrons. The van der Waals surface area contributed by atoms with E-state index >= 15 is 0 Å². The molecule has 0 aliphatic carbocycles. The normalized spacial score (nSPS) is 17.3. The molecule has 1 aliphatic rings. The minimum absolute atomic E-state index is 0.257. The van der Waals surface area contributed by atoms with Gasteiger partial charge in [0.2, 0.25) is 10.0 Å². The number of piperazine rings is 1. The molecule has 6 nitrogen and oxygen atoms in total. The maximum atomic E-state index is 12.9. The Labute approximate surface area is 139 Å². The van der Waals surface area contributed by atoms with E-state index in [2.05, 4.69) is 4.90 Å². The van der Waals surface area contributed by atoms with Gasteiger partial charge in [-0.05, 0) is 31.0 Å². The van der Waals surface area contributed by atoms with Crippen LogP contribution in [0.2, 0.25) is 0 Å². The SMILES string of the molecule is COCCCN1CCN(S(=O)(=O)c2cc(C)ccc2OC)CC1. The minimum Gasteiger partial charge on any atom is -0.495 e. The molecular weight excluding hydrogens is 316 g/mol. The Bertz CT molecular complexity index is 611. The van der Waals surface area contributed by atoms with Crippen molar-refractivity contribution >= 4 is 10.0 Å². The van der Waals surface area contributed by atoms with Gasteiger partial charge in [-0.1, -0.05) is 6.07 Å². The first-order valence-corrected chi connectivity index (χ1v) is 9.29. The third kappa shape index (κ3) is 4.44. The molecule has 1 fully saturated rings. The van der Waals surface area contributed by atoms with Gasteiger partial charge >= 0.3 is 0 Å². The fourth-order valence-electron chi connectivity index (χ4n) is 2.75. The molecule has 7 heteroatoms. The van der Waals surface area contributed by atoms with E-state index < -0.39 is 10.0 Å². The molecule has 1 saturated heterocycles. The Morgan fingerprint density at radius 1 is 1.13 bits per heavy atom. The lowest BCUT2D eigenvalue weighted by Crippen LogP contribution is -2.48. The van der Waals surface area contributed by atoms with Crippen molar-refractivity contribution in [2.75, 3.05) is 53.6 Å². The standard InChI is InChI=1S/C16H26N2O4S/c1-14-5-6-15(22-3)16(13-14)23(19,20)18-10-8-17(9-11-18)7-4-12-21-2/h5-6,13H,4,7-12H2,1-3H3. The maximum Gasteiger partial charge on any atom is 0.246 e. The minimum atomic E-state index is -3.52. The van der Waals surface area contributed by atoms with Crippen LogP contribution in [0.25, 0.3) is 0 Å². The lowest BCUT2D eigenvalue weighted by atomic mass is 10.2. The number of hydrogen-bond donors (Lipinski definition) is 0. The van der Waals surface area contributed by atoms with Crippen LogP contribution < -0.4 is 4.74 Å². The Balaban J connectivity index is 2.06. The number of aryl methyl sites for hydroxylation is 1. The van der Waals surface area contributed by atoms with Gasteiger partial charge < -0.3 is 14.4 Å². The molecule has 0 amide bonds. The predicted octanol–water partition coefficient (Wildman–Crippen LogP) is 1.35. The van der Waals surface area contributed by atoms with Gasteiger partial charge in [-0.3, -0.25) is 0 Å². The van der Waals surface area contributed by atoms with Crippen LogP contribution >= 0.6 is 0 Å². The van der Waals surface area contributed by atoms with Crippen molar-refractivity contribution in [2.45, 2.75) is 18.2 Å². The Kier molecular flexibility index (Phi) is 6.41. The molecule has 1 heterocycles. The van der Waals surface area contributed by atoms with Crippen molar-refractivity contribution in [3.05, 3.63) is 23.8 Å². The first kappa shape index (κ1) is 18.2. The van der Waals surface area contributed by atoms with Crippen LogP contribution in [-0.2, 0) is 14.8 Å². The van der Waals surface area contributed by atoms with Gasteiger partial charge in [0.25, 0.3) is 0 Å². The number of hydrogen-bond acceptors (Lipinski definition) is 5. The summed E-state index contributed by atoms with van der Waals surface area (Å²) in [6.45, 7) is 6.06. The average molecular weight is 342 g/mol. The fourth-order valence-corrected chi connectivity index (χ4v) is 4.41. The lowest BCUT2D eigenvalue weighted by molar-refractivity contribution is 0.149. The van der Waals surface area contributed by atoms with Gasteiger partial charge in [0, 0.05) is 46.4 Å². The number of methoxy groups -OCH3 is 2. The first-order chi connectivity index (χ1) is 11.0. The number of sulfonamides is 1. The number of benzene rings is 1. The highest BCUT2D eigenvalue weighted by atomic mass is 32.2. The quantitative estimate of drug-likeness (QED) is 0.700. The molecule has 0 aromatic heterocycles. The van der Waals surface area contributed by atoms with Crippen molar-refractivity contribution in [1.82, 2.24) is 9.21 Å². The van der Waals surface area contributed by atoms with Gasteiger partial charge in [-0.15, -0.1) is 0 Å². The zero-order chi connectivity index (χ0) is 16.9. The number of ether oxygens (including phenoxy) is 2. The second kappa shape index (κ2) is 8.10. The van der Waals surface area contributed by atoms with E-state index in [4.69, 9.17) is 9.47 Å². The van der Waals surface area contributed by atoms with Crippen LogP contribution in [0.5, 0.6) is 5.75 Å². The van der Waals surface area contributed by atoms with Crippen LogP contribution in [0.4, 0.5) is 0 Å². The van der Waals surface area contributed by atoms with Crippen LogP contribution in [-0.4, -0.2) is 71.2 Å². The van der Waals surface area contributed by atoms with Crippen LogP contribution in [0, 0.1) is 6.92 Å². The molecule has 0 N–H and O–H groups in total. The monoisotopic (exact) mass is 342 g/mol. The van der Waals surface area contributed by atoms with Crippen molar-refractivity contribution < 1.29 is 17.9 Å². The van der Waals surface area contributed by atoms with Gasteiger partial charge in [0.15, 0.2) is 0 Å². The molecule has 0 unspecified atom stereocenters. The summed E-state index contributed by atoms with van der Waals surface area (Å²) in [5, 5.41) is 0. The van der Waals surface area contributed by atoms with E-state index in [0.29, 0.717) is 18.8 Å². The second-order valence-corrected chi connectivity index (χ2v) is 7.65. The third-order valence-electron chi connectivity index (χ3n) is 4.09. The molecule has 23 heavy (non-hydrogen) atoms. The van der Waals surface area contributed by atoms with Crippen molar-refractivity contribution in [1.29, 1.82) is 0 Å². The van der Waals surface area contributed by atoms with E-state index in [1.165, 1.54) is 7.11 Å². The molecule has 1 aromatic rings. The van der Waals surface area contributed by atoms with Gasteiger partial charge in [0.05, 0.1) is 7.11 Å². The van der Waals surface area contributed by atoms with Crippen molar-refractivity contribution in [3.63, 3.8) is 0 Å². The van der Waals surface area contributed by atoms with Gasteiger partial charge in [-0.2, -0.15) is 4.31 Å². The summed E-state index contributed by atoms with van der Waals surface area (Å²) in [4.78, 5) is 2.53. The van der Waals surface area contributed by atoms with Gasteiger partial charge in [0.1, 0.15) is 10.6 Å². The molecule has 130 valence electrons. The highest BCUT2D eigenvalue weighted by Gasteiger charge is 2.30. The number of rotatable bonds is 7. The molecular formula is C16H26N2O4S. The highest BCUT2D eigenvalue weighted by Crippen LogP contribution is 2.28. The zero-order valence-corrected chi connectivity index (χ0v) is 14.9. The van der Waals surface area contributed by atoms with Crippen LogP contribution in [0.1, 0.15) is 12.0 Å². The van der Waals surface area contributed by atoms with E-state index in [0.717, 1.165) is 38.2 Å². The zero-order valence-electron chi connectivity index (χ0n) is 14.1. The second-order valence-electron chi connectivity index (χ2n) is 5.75. The Morgan fingerprint density at radius 3 is 2.43 bits per heavy atom. The Morgan fingerprint density at radius 2 is 1.83 bits per heavy atom. The smallest absolute Gasteiger partial charge is 0.246 e. The summed E-state index contributed by atoms with van der Waals surface area (Å²) >= 11 is 0. The Hall–Kier alpha value is -1.15. The highest BCUT2D eigenvalue weighted by molar-refractivity contribution is 7.89. The molecule has 0 bridgehead atoms. The topological polar surface area (TPSA) is 59.1 Å².